The Balaban J connectivity index is 1.34. The van der Waals surface area contributed by atoms with Gasteiger partial charge in [-0.05, 0) is 73.3 Å². The first kappa shape index (κ1) is 21.4. The van der Waals surface area contributed by atoms with Crippen LogP contribution >= 0.6 is 11.3 Å². The van der Waals surface area contributed by atoms with Crippen molar-refractivity contribution >= 4 is 38.8 Å². The molecule has 4 fully saturated rings. The van der Waals surface area contributed by atoms with Crippen LogP contribution in [0, 0.1) is 33.8 Å². The van der Waals surface area contributed by atoms with Crippen LogP contribution in [-0.4, -0.2) is 21.5 Å². The number of ketones is 2. The smallest absolute Gasteiger partial charge is 0.279 e. The number of carbonyl (C=O) groups excluding carboxylic acids is 2. The predicted molar refractivity (Wildman–Crippen MR) is 127 cm³/mol. The standard InChI is InChI=1S/C26H24N2O5S/c1-2-13-7-9-17(33-26-27-19-10-8-16(28(31)32)11-20(19)34-26)12-18(13)23-24(29)21-14-3-4-15(6-5-14)22(21)25(23)30/h7-12,14-15,21-23H,2-6H2,1H3. The molecule has 0 amide bonds. The Hall–Kier alpha value is -3.13. The molecule has 0 saturated heterocycles. The summed E-state index contributed by atoms with van der Waals surface area (Å²) in [6, 6.07) is 10.1. The number of aromatic nitrogens is 1. The molecule has 2 atom stereocenters. The molecule has 0 spiro atoms. The van der Waals surface area contributed by atoms with Gasteiger partial charge >= 0.3 is 0 Å². The van der Waals surface area contributed by atoms with Crippen molar-refractivity contribution in [1.29, 1.82) is 0 Å². The maximum atomic E-state index is 13.6. The van der Waals surface area contributed by atoms with Crippen LogP contribution in [0.25, 0.3) is 10.2 Å². The first-order valence-corrected chi connectivity index (χ1v) is 12.7. The van der Waals surface area contributed by atoms with E-state index in [0.717, 1.165) is 43.2 Å². The number of ether oxygens (including phenoxy) is 1. The maximum absolute atomic E-state index is 13.6. The predicted octanol–water partition coefficient (Wildman–Crippen LogP) is 5.85. The number of fused-ring (bicyclic) bond motifs is 3. The van der Waals surface area contributed by atoms with Crippen LogP contribution in [0.2, 0.25) is 0 Å². The second-order valence-corrected chi connectivity index (χ2v) is 10.7. The number of aryl methyl sites for hydroxylation is 1. The molecule has 0 radical (unpaired) electrons. The van der Waals surface area contributed by atoms with Gasteiger partial charge in [-0.3, -0.25) is 19.7 Å². The largest absolute Gasteiger partial charge is 0.431 e. The molecule has 1 aromatic heterocycles. The van der Waals surface area contributed by atoms with Crippen LogP contribution in [0.15, 0.2) is 36.4 Å². The van der Waals surface area contributed by atoms with Gasteiger partial charge in [-0.15, -0.1) is 0 Å². The van der Waals surface area contributed by atoms with Crippen molar-refractivity contribution in [3.8, 4) is 10.9 Å². The molecule has 2 aromatic carbocycles. The number of nitrogens with zero attached hydrogens (tertiary/aromatic N) is 2. The summed E-state index contributed by atoms with van der Waals surface area (Å²) < 4.78 is 6.68. The molecule has 7 rings (SSSR count). The van der Waals surface area contributed by atoms with Crippen molar-refractivity contribution < 1.29 is 19.2 Å². The van der Waals surface area contributed by atoms with E-state index in [2.05, 4.69) is 4.98 Å². The monoisotopic (exact) mass is 476 g/mol. The molecule has 8 heteroatoms. The zero-order chi connectivity index (χ0) is 23.6. The molecule has 34 heavy (non-hydrogen) atoms. The highest BCUT2D eigenvalue weighted by Gasteiger charge is 2.59. The van der Waals surface area contributed by atoms with E-state index in [1.54, 1.807) is 6.07 Å². The van der Waals surface area contributed by atoms with E-state index < -0.39 is 10.8 Å². The number of non-ortho nitro benzene ring substituents is 1. The summed E-state index contributed by atoms with van der Waals surface area (Å²) in [5.74, 6) is 0.498. The maximum Gasteiger partial charge on any atom is 0.279 e. The van der Waals surface area contributed by atoms with Crippen molar-refractivity contribution in [2.45, 2.75) is 44.9 Å². The lowest BCUT2D eigenvalue weighted by atomic mass is 9.59. The van der Waals surface area contributed by atoms with Crippen molar-refractivity contribution in [2.75, 3.05) is 0 Å². The number of hydrogen-bond acceptors (Lipinski definition) is 7. The third kappa shape index (κ3) is 3.27. The molecule has 1 heterocycles. The van der Waals surface area contributed by atoms with Crippen LogP contribution in [0.1, 0.15) is 49.7 Å². The number of Topliss-reactive ketones (excluding diaryl/α,β-unsaturated/α-hetero) is 2. The zero-order valence-corrected chi connectivity index (χ0v) is 19.5. The fourth-order valence-electron chi connectivity index (χ4n) is 6.48. The van der Waals surface area contributed by atoms with E-state index in [9.17, 15) is 19.7 Å². The molecule has 2 bridgehead atoms. The third-order valence-corrected chi connectivity index (χ3v) is 8.92. The van der Waals surface area contributed by atoms with Gasteiger partial charge in [0.2, 0.25) is 0 Å². The lowest BCUT2D eigenvalue weighted by molar-refractivity contribution is -0.384. The van der Waals surface area contributed by atoms with Gasteiger partial charge in [-0.1, -0.05) is 24.3 Å². The van der Waals surface area contributed by atoms with Gasteiger partial charge < -0.3 is 4.74 Å². The van der Waals surface area contributed by atoms with E-state index >= 15 is 0 Å². The molecular weight excluding hydrogens is 452 g/mol. The molecule has 4 saturated carbocycles. The first-order valence-electron chi connectivity index (χ1n) is 11.9. The molecule has 3 aromatic rings. The SMILES string of the molecule is CCc1ccc(Oc2nc3ccc([N+](=O)[O-])cc3s2)cc1C1C(=O)C2C3CCC(CC3)C2C1=O. The summed E-state index contributed by atoms with van der Waals surface area (Å²) in [6.07, 6.45) is 4.99. The van der Waals surface area contributed by atoms with Gasteiger partial charge in [0.1, 0.15) is 11.7 Å². The second kappa shape index (κ2) is 7.98. The minimum absolute atomic E-state index is 0.00553. The quantitative estimate of drug-likeness (QED) is 0.260. The van der Waals surface area contributed by atoms with Crippen molar-refractivity contribution in [3.63, 3.8) is 0 Å². The van der Waals surface area contributed by atoms with E-state index in [0.29, 0.717) is 33.0 Å². The Bertz CT molecular complexity index is 1310. The van der Waals surface area contributed by atoms with E-state index in [1.807, 2.05) is 25.1 Å². The molecule has 2 unspecified atom stereocenters. The Morgan fingerprint density at radius 1 is 1.03 bits per heavy atom. The van der Waals surface area contributed by atoms with Crippen molar-refractivity contribution in [1.82, 2.24) is 4.98 Å². The first-order chi connectivity index (χ1) is 16.4. The normalized spacial score (nSPS) is 27.9. The van der Waals surface area contributed by atoms with Crippen LogP contribution in [0.4, 0.5) is 5.69 Å². The molecular formula is C26H24N2O5S. The lowest BCUT2D eigenvalue weighted by Gasteiger charge is -2.43. The Morgan fingerprint density at radius 2 is 1.71 bits per heavy atom. The topological polar surface area (TPSA) is 99.4 Å². The van der Waals surface area contributed by atoms with E-state index in [1.165, 1.54) is 23.5 Å². The number of thiazole rings is 1. The van der Waals surface area contributed by atoms with Crippen LogP contribution in [-0.2, 0) is 16.0 Å². The second-order valence-electron chi connectivity index (χ2n) is 9.67. The molecule has 174 valence electrons. The minimum atomic E-state index is -0.701. The highest BCUT2D eigenvalue weighted by atomic mass is 32.1. The molecule has 0 aliphatic heterocycles. The highest BCUT2D eigenvalue weighted by molar-refractivity contribution is 7.20. The summed E-state index contributed by atoms with van der Waals surface area (Å²) in [6.45, 7) is 2.03. The summed E-state index contributed by atoms with van der Waals surface area (Å²) in [5.41, 5.74) is 2.38. The summed E-state index contributed by atoms with van der Waals surface area (Å²) in [4.78, 5) is 42.2. The van der Waals surface area contributed by atoms with Gasteiger partial charge in [0.25, 0.3) is 10.9 Å². The van der Waals surface area contributed by atoms with Gasteiger partial charge in [-0.2, -0.15) is 0 Å². The number of benzene rings is 2. The average Bonchev–Trinajstić information content (AvgIpc) is 3.37. The van der Waals surface area contributed by atoms with Crippen LogP contribution in [0.5, 0.6) is 10.9 Å². The lowest BCUT2D eigenvalue weighted by Crippen LogP contribution is -2.41. The van der Waals surface area contributed by atoms with Crippen LogP contribution in [0.3, 0.4) is 0 Å². The van der Waals surface area contributed by atoms with Gasteiger partial charge in [-0.25, -0.2) is 4.98 Å². The number of nitro benzene ring substituents is 1. The molecule has 4 aliphatic rings. The van der Waals surface area contributed by atoms with E-state index in [-0.39, 0.29) is 29.1 Å². The van der Waals surface area contributed by atoms with Crippen molar-refractivity contribution in [3.05, 3.63) is 57.6 Å². The zero-order valence-electron chi connectivity index (χ0n) is 18.7. The third-order valence-electron chi connectivity index (χ3n) is 8.02. The Labute approximate surface area is 200 Å². The molecule has 0 N–H and O–H groups in total. The van der Waals surface area contributed by atoms with Gasteiger partial charge in [0, 0.05) is 24.0 Å². The van der Waals surface area contributed by atoms with Gasteiger partial charge in [0.15, 0.2) is 11.6 Å². The van der Waals surface area contributed by atoms with E-state index in [4.69, 9.17) is 4.74 Å². The van der Waals surface area contributed by atoms with Gasteiger partial charge in [0.05, 0.1) is 15.1 Å². The summed E-state index contributed by atoms with van der Waals surface area (Å²) in [7, 11) is 0. The average molecular weight is 477 g/mol. The molecule has 4 aliphatic carbocycles. The number of nitro groups is 1. The van der Waals surface area contributed by atoms with Crippen molar-refractivity contribution in [2.24, 2.45) is 23.7 Å². The minimum Gasteiger partial charge on any atom is -0.431 e. The Kier molecular flexibility index (Phi) is 5.02. The Morgan fingerprint density at radius 3 is 2.32 bits per heavy atom. The van der Waals surface area contributed by atoms with Crippen LogP contribution < -0.4 is 4.74 Å². The fourth-order valence-corrected chi connectivity index (χ4v) is 7.35. The number of hydrogen-bond donors (Lipinski definition) is 0. The fraction of sp³-hybridized carbons (Fsp3) is 0.423. The summed E-state index contributed by atoms with van der Waals surface area (Å²) in [5, 5.41) is 11.4. The number of rotatable bonds is 5. The highest BCUT2D eigenvalue weighted by Crippen LogP contribution is 2.56. The number of carbonyl (C=O) groups is 2. The molecule has 7 nitrogen and oxygen atoms in total. The summed E-state index contributed by atoms with van der Waals surface area (Å²) >= 11 is 1.23.